The molecule has 0 aliphatic rings. The standard InChI is InChI=1S/C12H16O4S/c1-15-11-6-5-10(9-12(11)16-2)17(14)8-4-3-7-13/h4-6,8-9,13H,3,7H2,1-2H3/b8-4-. The third kappa shape index (κ3) is 3.87. The van der Waals surface area contributed by atoms with E-state index < -0.39 is 10.8 Å². The van der Waals surface area contributed by atoms with E-state index in [4.69, 9.17) is 14.6 Å². The molecule has 1 aromatic rings. The summed E-state index contributed by atoms with van der Waals surface area (Å²) in [6.45, 7) is 0.0552. The van der Waals surface area contributed by atoms with E-state index in [1.54, 1.807) is 36.8 Å². The fourth-order valence-electron chi connectivity index (χ4n) is 1.25. The summed E-state index contributed by atoms with van der Waals surface area (Å²) in [5.41, 5.74) is 0. The zero-order valence-corrected chi connectivity index (χ0v) is 10.7. The molecule has 1 rings (SSSR count). The molecule has 0 saturated carbocycles. The molecule has 5 heteroatoms. The first-order valence-electron chi connectivity index (χ1n) is 5.13. The van der Waals surface area contributed by atoms with Crippen molar-refractivity contribution in [2.75, 3.05) is 20.8 Å². The first kappa shape index (κ1) is 13.7. The Hall–Kier alpha value is -1.33. The number of hydrogen-bond acceptors (Lipinski definition) is 4. The summed E-state index contributed by atoms with van der Waals surface area (Å²) in [5.74, 6) is 1.15. The molecule has 17 heavy (non-hydrogen) atoms. The number of benzene rings is 1. The molecule has 1 N–H and O–H groups in total. The quantitative estimate of drug-likeness (QED) is 0.841. The van der Waals surface area contributed by atoms with Crippen LogP contribution in [0.4, 0.5) is 0 Å². The van der Waals surface area contributed by atoms with Gasteiger partial charge in [0.1, 0.15) is 0 Å². The van der Waals surface area contributed by atoms with Gasteiger partial charge in [-0.25, -0.2) is 4.21 Å². The minimum atomic E-state index is -1.23. The van der Waals surface area contributed by atoms with Crippen LogP contribution < -0.4 is 9.47 Å². The van der Waals surface area contributed by atoms with Crippen molar-refractivity contribution in [3.05, 3.63) is 29.7 Å². The summed E-state index contributed by atoms with van der Waals surface area (Å²) in [5, 5.41) is 10.2. The van der Waals surface area contributed by atoms with Crippen molar-refractivity contribution in [2.45, 2.75) is 11.3 Å². The highest BCUT2D eigenvalue weighted by Crippen LogP contribution is 2.28. The van der Waals surface area contributed by atoms with Crippen LogP contribution in [-0.4, -0.2) is 30.1 Å². The van der Waals surface area contributed by atoms with E-state index in [1.807, 2.05) is 0 Å². The summed E-state index contributed by atoms with van der Waals surface area (Å²) < 4.78 is 22.1. The number of methoxy groups -OCH3 is 2. The maximum Gasteiger partial charge on any atom is 0.161 e. The highest BCUT2D eigenvalue weighted by molar-refractivity contribution is 7.88. The highest BCUT2D eigenvalue weighted by Gasteiger charge is 2.07. The Labute approximate surface area is 103 Å². The predicted molar refractivity (Wildman–Crippen MR) is 66.8 cm³/mol. The largest absolute Gasteiger partial charge is 0.493 e. The van der Waals surface area contributed by atoms with E-state index >= 15 is 0 Å². The Bertz CT molecular complexity index is 415. The van der Waals surface area contributed by atoms with Crippen LogP contribution in [0.2, 0.25) is 0 Å². The van der Waals surface area contributed by atoms with Gasteiger partial charge in [0.15, 0.2) is 11.5 Å². The second kappa shape index (κ2) is 7.09. The topological polar surface area (TPSA) is 55.8 Å². The van der Waals surface area contributed by atoms with Gasteiger partial charge in [0.05, 0.1) is 25.0 Å². The first-order valence-corrected chi connectivity index (χ1v) is 6.34. The molecule has 0 heterocycles. The molecule has 0 fully saturated rings. The van der Waals surface area contributed by atoms with Crippen LogP contribution in [-0.2, 0) is 10.8 Å². The van der Waals surface area contributed by atoms with E-state index in [1.165, 1.54) is 7.11 Å². The molecule has 0 radical (unpaired) electrons. The van der Waals surface area contributed by atoms with Gasteiger partial charge in [-0.05, 0) is 18.6 Å². The van der Waals surface area contributed by atoms with E-state index in [9.17, 15) is 4.21 Å². The Morgan fingerprint density at radius 3 is 2.59 bits per heavy atom. The Kier molecular flexibility index (Phi) is 5.72. The minimum Gasteiger partial charge on any atom is -0.493 e. The lowest BCUT2D eigenvalue weighted by Crippen LogP contribution is -1.93. The minimum absolute atomic E-state index is 0.0552. The van der Waals surface area contributed by atoms with Gasteiger partial charge >= 0.3 is 0 Å². The molecule has 4 nitrogen and oxygen atoms in total. The van der Waals surface area contributed by atoms with Crippen LogP contribution in [0, 0.1) is 0 Å². The van der Waals surface area contributed by atoms with Crippen molar-refractivity contribution in [1.82, 2.24) is 0 Å². The Morgan fingerprint density at radius 1 is 1.29 bits per heavy atom. The summed E-state index contributed by atoms with van der Waals surface area (Å²) in [7, 11) is 1.85. The summed E-state index contributed by atoms with van der Waals surface area (Å²) in [6.07, 6.45) is 2.19. The maximum atomic E-state index is 11.8. The molecule has 0 spiro atoms. The molecule has 0 aromatic heterocycles. The normalized spacial score (nSPS) is 12.6. The maximum absolute atomic E-state index is 11.8. The van der Waals surface area contributed by atoms with Gasteiger partial charge in [0.25, 0.3) is 0 Å². The van der Waals surface area contributed by atoms with Crippen LogP contribution in [0.1, 0.15) is 6.42 Å². The highest BCUT2D eigenvalue weighted by atomic mass is 32.2. The number of rotatable bonds is 6. The second-order valence-corrected chi connectivity index (χ2v) is 4.54. The average Bonchev–Trinajstić information content (AvgIpc) is 2.38. The van der Waals surface area contributed by atoms with Crippen LogP contribution in [0.15, 0.2) is 34.6 Å². The van der Waals surface area contributed by atoms with Gasteiger partial charge in [-0.15, -0.1) is 0 Å². The van der Waals surface area contributed by atoms with Gasteiger partial charge in [0, 0.05) is 23.0 Å². The van der Waals surface area contributed by atoms with Crippen molar-refractivity contribution in [3.8, 4) is 11.5 Å². The fourth-order valence-corrected chi connectivity index (χ4v) is 2.14. The third-order valence-electron chi connectivity index (χ3n) is 2.10. The number of hydrogen-bond donors (Lipinski definition) is 1. The predicted octanol–water partition coefficient (Wildman–Crippen LogP) is 1.71. The second-order valence-electron chi connectivity index (χ2n) is 3.20. The summed E-state index contributed by atoms with van der Waals surface area (Å²) in [6, 6.07) is 5.12. The monoisotopic (exact) mass is 256 g/mol. The van der Waals surface area contributed by atoms with E-state index in [0.717, 1.165) is 0 Å². The van der Waals surface area contributed by atoms with Gasteiger partial charge in [0.2, 0.25) is 0 Å². The molecule has 0 aliphatic heterocycles. The average molecular weight is 256 g/mol. The smallest absolute Gasteiger partial charge is 0.161 e. The molecule has 1 aromatic carbocycles. The van der Waals surface area contributed by atoms with Gasteiger partial charge in [-0.1, -0.05) is 6.08 Å². The third-order valence-corrected chi connectivity index (χ3v) is 3.26. The SMILES string of the molecule is COc1ccc(S(=O)/C=C\CCO)cc1OC. The lowest BCUT2D eigenvalue weighted by molar-refractivity contribution is 0.302. The Balaban J connectivity index is 2.88. The molecule has 0 saturated heterocycles. The molecule has 0 aliphatic carbocycles. The molecule has 94 valence electrons. The number of ether oxygens (including phenoxy) is 2. The van der Waals surface area contributed by atoms with Crippen LogP contribution >= 0.6 is 0 Å². The summed E-state index contributed by atoms with van der Waals surface area (Å²) in [4.78, 5) is 0.636. The van der Waals surface area contributed by atoms with Crippen molar-refractivity contribution >= 4 is 10.8 Å². The van der Waals surface area contributed by atoms with Gasteiger partial charge in [-0.3, -0.25) is 0 Å². The first-order chi connectivity index (χ1) is 8.22. The fraction of sp³-hybridized carbons (Fsp3) is 0.333. The van der Waals surface area contributed by atoms with Crippen molar-refractivity contribution < 1.29 is 18.8 Å². The molecule has 0 amide bonds. The van der Waals surface area contributed by atoms with Crippen molar-refractivity contribution in [3.63, 3.8) is 0 Å². The molecule has 1 atom stereocenters. The lowest BCUT2D eigenvalue weighted by Gasteiger charge is -2.08. The van der Waals surface area contributed by atoms with Crippen LogP contribution in [0.5, 0.6) is 11.5 Å². The molecular weight excluding hydrogens is 240 g/mol. The number of aliphatic hydroxyl groups is 1. The van der Waals surface area contributed by atoms with Gasteiger partial charge in [-0.2, -0.15) is 0 Å². The number of aliphatic hydroxyl groups excluding tert-OH is 1. The van der Waals surface area contributed by atoms with E-state index in [0.29, 0.717) is 22.8 Å². The van der Waals surface area contributed by atoms with Crippen LogP contribution in [0.25, 0.3) is 0 Å². The zero-order chi connectivity index (χ0) is 12.7. The molecular formula is C12H16O4S. The van der Waals surface area contributed by atoms with E-state index in [2.05, 4.69) is 0 Å². The van der Waals surface area contributed by atoms with Crippen molar-refractivity contribution in [1.29, 1.82) is 0 Å². The molecule has 0 bridgehead atoms. The van der Waals surface area contributed by atoms with Crippen molar-refractivity contribution in [2.24, 2.45) is 0 Å². The van der Waals surface area contributed by atoms with E-state index in [-0.39, 0.29) is 6.61 Å². The van der Waals surface area contributed by atoms with Gasteiger partial charge < -0.3 is 14.6 Å². The summed E-state index contributed by atoms with van der Waals surface area (Å²) >= 11 is 0. The van der Waals surface area contributed by atoms with Crippen LogP contribution in [0.3, 0.4) is 0 Å². The zero-order valence-electron chi connectivity index (χ0n) is 9.88. The Morgan fingerprint density at radius 2 is 2.00 bits per heavy atom. The lowest BCUT2D eigenvalue weighted by atomic mass is 10.3. The molecule has 1 unspecified atom stereocenters.